The first-order chi connectivity index (χ1) is 19.3. The number of hydrogen-bond acceptors (Lipinski definition) is 8. The number of benzene rings is 1. The van der Waals surface area contributed by atoms with Gasteiger partial charge in [-0.2, -0.15) is 0 Å². The molecule has 220 valence electrons. The molecule has 4 amide bonds. The molecule has 5 rings (SSSR count). The number of likely N-dealkylation sites (tertiary alicyclic amines) is 1. The number of carbonyl (C=O) groups is 3. The molecular formula is C29H36N4O7S. The molecule has 2 aliphatic carbocycles. The number of aryl methyl sites for hydroxylation is 1. The Balaban J connectivity index is 1.43. The molecule has 1 N–H and O–H groups in total. The van der Waals surface area contributed by atoms with Crippen LogP contribution < -0.4 is 9.46 Å². The molecule has 0 bridgehead atoms. The predicted molar refractivity (Wildman–Crippen MR) is 152 cm³/mol. The van der Waals surface area contributed by atoms with E-state index in [1.165, 1.54) is 4.90 Å². The minimum absolute atomic E-state index is 0.0145. The Morgan fingerprint density at radius 2 is 1.88 bits per heavy atom. The fourth-order valence-electron chi connectivity index (χ4n) is 5.19. The summed E-state index contributed by atoms with van der Waals surface area (Å²) in [6.45, 7) is 10.9. The highest BCUT2D eigenvalue weighted by Crippen LogP contribution is 2.39. The molecule has 1 aliphatic heterocycles. The first kappa shape index (κ1) is 28.8. The number of amides is 4. The van der Waals surface area contributed by atoms with E-state index < -0.39 is 57.1 Å². The monoisotopic (exact) mass is 584 g/mol. The van der Waals surface area contributed by atoms with E-state index >= 15 is 0 Å². The summed E-state index contributed by atoms with van der Waals surface area (Å²) >= 11 is 0. The van der Waals surface area contributed by atoms with Crippen LogP contribution in [0.2, 0.25) is 0 Å². The van der Waals surface area contributed by atoms with Crippen LogP contribution in [0, 0.1) is 12.8 Å². The van der Waals surface area contributed by atoms with Crippen molar-refractivity contribution in [2.45, 2.75) is 82.4 Å². The molecule has 1 aromatic heterocycles. The second-order valence-corrected chi connectivity index (χ2v) is 13.9. The summed E-state index contributed by atoms with van der Waals surface area (Å²) in [6.07, 6.45) is 3.36. The van der Waals surface area contributed by atoms with Gasteiger partial charge in [0.15, 0.2) is 0 Å². The summed E-state index contributed by atoms with van der Waals surface area (Å²) in [6, 6.07) is 4.97. The molecule has 4 unspecified atom stereocenters. The largest absolute Gasteiger partial charge is 0.472 e. The van der Waals surface area contributed by atoms with E-state index in [4.69, 9.17) is 9.47 Å². The molecule has 3 aliphatic rings. The average Bonchev–Trinajstić information content (AvgIpc) is 3.81. The lowest BCUT2D eigenvalue weighted by molar-refractivity contribution is -0.133. The van der Waals surface area contributed by atoms with Gasteiger partial charge in [-0.1, -0.05) is 18.2 Å². The lowest BCUT2D eigenvalue weighted by atomic mass is 10.1. The number of aromatic nitrogens is 1. The molecule has 2 heterocycles. The van der Waals surface area contributed by atoms with Gasteiger partial charge < -0.3 is 9.47 Å². The van der Waals surface area contributed by atoms with Crippen molar-refractivity contribution in [3.63, 3.8) is 0 Å². The minimum Gasteiger partial charge on any atom is -0.472 e. The molecule has 11 nitrogen and oxygen atoms in total. The Morgan fingerprint density at radius 1 is 1.15 bits per heavy atom. The quantitative estimate of drug-likeness (QED) is 0.484. The van der Waals surface area contributed by atoms with Crippen molar-refractivity contribution in [3.8, 4) is 5.88 Å². The van der Waals surface area contributed by atoms with E-state index in [1.807, 2.05) is 31.2 Å². The van der Waals surface area contributed by atoms with Crippen LogP contribution >= 0.6 is 0 Å². The highest BCUT2D eigenvalue weighted by Gasteiger charge is 2.52. The van der Waals surface area contributed by atoms with E-state index in [9.17, 15) is 22.8 Å². The molecule has 4 atom stereocenters. The molecule has 1 saturated heterocycles. The Kier molecular flexibility index (Phi) is 7.47. The Bertz CT molecular complexity index is 1500. The maximum Gasteiger partial charge on any atom is 0.411 e. The number of rotatable bonds is 7. The fourth-order valence-corrected chi connectivity index (χ4v) is 6.45. The molecule has 1 aromatic carbocycles. The molecule has 0 radical (unpaired) electrons. The zero-order valence-electron chi connectivity index (χ0n) is 23.7. The van der Waals surface area contributed by atoms with Crippen molar-refractivity contribution < 1.29 is 32.3 Å². The number of ether oxygens (including phenoxy) is 2. The summed E-state index contributed by atoms with van der Waals surface area (Å²) in [7, 11) is -3.91. The van der Waals surface area contributed by atoms with Crippen molar-refractivity contribution >= 4 is 38.8 Å². The van der Waals surface area contributed by atoms with Crippen molar-refractivity contribution in [1.29, 1.82) is 0 Å². The van der Waals surface area contributed by atoms with Gasteiger partial charge in [0.25, 0.3) is 5.91 Å². The Labute approximate surface area is 239 Å². The number of hydrogen-bond donors (Lipinski definition) is 1. The van der Waals surface area contributed by atoms with Crippen LogP contribution in [0.5, 0.6) is 5.88 Å². The van der Waals surface area contributed by atoms with Gasteiger partial charge >= 0.3 is 12.1 Å². The van der Waals surface area contributed by atoms with Gasteiger partial charge in [-0.3, -0.25) is 14.6 Å². The van der Waals surface area contributed by atoms with E-state index in [0.29, 0.717) is 25.1 Å². The first-order valence-corrected chi connectivity index (χ1v) is 15.4. The number of imide groups is 1. The summed E-state index contributed by atoms with van der Waals surface area (Å²) in [5.41, 5.74) is 0.214. The maximum absolute atomic E-state index is 14.1. The van der Waals surface area contributed by atoms with E-state index in [-0.39, 0.29) is 18.9 Å². The third-order valence-corrected chi connectivity index (χ3v) is 9.34. The zero-order chi connectivity index (χ0) is 29.7. The van der Waals surface area contributed by atoms with E-state index in [0.717, 1.165) is 21.2 Å². The number of carbonyl (C=O) groups excluding carboxylic acids is 3. The van der Waals surface area contributed by atoms with Crippen LogP contribution in [0.1, 0.15) is 52.0 Å². The highest BCUT2D eigenvalue weighted by molar-refractivity contribution is 7.90. The Morgan fingerprint density at radius 3 is 2.51 bits per heavy atom. The Hall–Kier alpha value is -3.67. The smallest absolute Gasteiger partial charge is 0.411 e. The van der Waals surface area contributed by atoms with E-state index in [2.05, 4.69) is 16.3 Å². The van der Waals surface area contributed by atoms with Gasteiger partial charge in [0, 0.05) is 24.0 Å². The van der Waals surface area contributed by atoms with Crippen LogP contribution in [0.25, 0.3) is 10.8 Å². The highest BCUT2D eigenvalue weighted by atomic mass is 32.2. The van der Waals surface area contributed by atoms with Crippen molar-refractivity contribution in [1.82, 2.24) is 19.5 Å². The van der Waals surface area contributed by atoms with Gasteiger partial charge in [0.05, 0.1) is 11.8 Å². The number of sulfonamides is 1. The molecule has 12 heteroatoms. The standard InChI is InChI=1S/C29H36N4O7S/c1-6-18-14-23(18)33(27(35)31-41(37,38)20-10-11-20)26(34)24-15-19(16-32(24)28(36)40-29(3,4)5)39-25-22-9-7-8-17(2)21(22)12-13-30-25/h6-9,12-13,18-20,23-24H,1,10-11,14-16H2,2-5H3,(H,31,35). The second-order valence-electron chi connectivity index (χ2n) is 12.0. The molecular weight excluding hydrogens is 548 g/mol. The van der Waals surface area contributed by atoms with Crippen molar-refractivity contribution in [2.24, 2.45) is 5.92 Å². The molecule has 41 heavy (non-hydrogen) atoms. The van der Waals surface area contributed by atoms with Gasteiger partial charge in [0.1, 0.15) is 17.7 Å². The van der Waals surface area contributed by atoms with Crippen molar-refractivity contribution in [3.05, 3.63) is 48.7 Å². The van der Waals surface area contributed by atoms with Gasteiger partial charge in [-0.05, 0) is 76.0 Å². The number of nitrogens with zero attached hydrogens (tertiary/aromatic N) is 3. The molecule has 2 aromatic rings. The van der Waals surface area contributed by atoms with Crippen LogP contribution in [0.15, 0.2) is 43.1 Å². The SMILES string of the molecule is C=CC1CC1N(C(=O)NS(=O)(=O)C1CC1)C(=O)C1CC(Oc2nccc3c(C)cccc23)CN1C(=O)OC(C)(C)C. The summed E-state index contributed by atoms with van der Waals surface area (Å²) in [5.74, 6) is -0.492. The summed E-state index contributed by atoms with van der Waals surface area (Å²) in [5, 5.41) is 1.12. The molecule has 2 saturated carbocycles. The topological polar surface area (TPSA) is 135 Å². The third-order valence-electron chi connectivity index (χ3n) is 7.53. The lowest BCUT2D eigenvalue weighted by Crippen LogP contribution is -2.55. The van der Waals surface area contributed by atoms with Crippen LogP contribution in [-0.4, -0.2) is 76.8 Å². The molecule has 0 spiro atoms. The van der Waals surface area contributed by atoms with Crippen LogP contribution in [-0.2, 0) is 19.6 Å². The van der Waals surface area contributed by atoms with Crippen molar-refractivity contribution in [2.75, 3.05) is 6.54 Å². The number of fused-ring (bicyclic) bond motifs is 1. The number of nitrogens with one attached hydrogen (secondary N) is 1. The average molecular weight is 585 g/mol. The van der Waals surface area contributed by atoms with Gasteiger partial charge in [-0.15, -0.1) is 6.58 Å². The third kappa shape index (κ3) is 6.17. The summed E-state index contributed by atoms with van der Waals surface area (Å²) < 4.78 is 39.1. The first-order valence-electron chi connectivity index (χ1n) is 13.8. The zero-order valence-corrected chi connectivity index (χ0v) is 24.5. The summed E-state index contributed by atoms with van der Waals surface area (Å²) in [4.78, 5) is 47.3. The van der Waals surface area contributed by atoms with Crippen LogP contribution in [0.4, 0.5) is 9.59 Å². The van der Waals surface area contributed by atoms with Gasteiger partial charge in [0.2, 0.25) is 15.9 Å². The second kappa shape index (κ2) is 10.6. The molecule has 3 fully saturated rings. The lowest BCUT2D eigenvalue weighted by Gasteiger charge is -2.30. The fraction of sp³-hybridized carbons (Fsp3) is 0.517. The number of pyridine rings is 1. The maximum atomic E-state index is 14.1. The van der Waals surface area contributed by atoms with Gasteiger partial charge in [-0.25, -0.2) is 27.7 Å². The predicted octanol–water partition coefficient (Wildman–Crippen LogP) is 3.90. The van der Waals surface area contributed by atoms with E-state index in [1.54, 1.807) is 33.0 Å². The van der Waals surface area contributed by atoms with Crippen LogP contribution in [0.3, 0.4) is 0 Å². The number of urea groups is 1. The normalized spacial score (nSPS) is 24.0. The minimum atomic E-state index is -3.91.